The smallest absolute Gasteiger partial charge is 0.407 e. The van der Waals surface area contributed by atoms with Crippen LogP contribution < -0.4 is 0 Å². The lowest BCUT2D eigenvalue weighted by Gasteiger charge is -2.32. The fraction of sp³-hybridized carbons (Fsp3) is 0.700. The Morgan fingerprint density at radius 2 is 2.33 bits per heavy atom. The third-order valence-electron chi connectivity index (χ3n) is 2.64. The van der Waals surface area contributed by atoms with E-state index in [1.165, 1.54) is 4.90 Å². The summed E-state index contributed by atoms with van der Waals surface area (Å²) >= 11 is 0. The van der Waals surface area contributed by atoms with Crippen LogP contribution in [0.25, 0.3) is 0 Å². The van der Waals surface area contributed by atoms with Crippen LogP contribution in [0.5, 0.6) is 0 Å². The molecule has 5 nitrogen and oxygen atoms in total. The van der Waals surface area contributed by atoms with Crippen molar-refractivity contribution < 1.29 is 19.5 Å². The van der Waals surface area contributed by atoms with Crippen molar-refractivity contribution in [1.82, 2.24) is 4.90 Å². The first kappa shape index (κ1) is 11.7. The lowest BCUT2D eigenvalue weighted by molar-refractivity contribution is -0.122. The fourth-order valence-electron chi connectivity index (χ4n) is 1.85. The van der Waals surface area contributed by atoms with Gasteiger partial charge < -0.3 is 14.8 Å². The molecule has 1 aliphatic heterocycles. The molecule has 84 valence electrons. The number of likely N-dealkylation sites (tertiary alicyclic amines) is 1. The van der Waals surface area contributed by atoms with Crippen molar-refractivity contribution in [1.29, 1.82) is 0 Å². The second kappa shape index (κ2) is 5.48. The minimum atomic E-state index is -0.974. The summed E-state index contributed by atoms with van der Waals surface area (Å²) in [5.74, 6) is 0.114. The van der Waals surface area contributed by atoms with Gasteiger partial charge in [0.25, 0.3) is 0 Å². The van der Waals surface area contributed by atoms with E-state index in [2.05, 4.69) is 0 Å². The van der Waals surface area contributed by atoms with Crippen LogP contribution in [0.3, 0.4) is 0 Å². The lowest BCUT2D eigenvalue weighted by atomic mass is 9.97. The SMILES string of the molecule is O=CCCCC1CC(=O)CCN1C(=O)O. The minimum absolute atomic E-state index is 0.114. The molecular formula is C10H15NO4. The molecule has 1 heterocycles. The number of aldehydes is 1. The molecule has 0 aromatic heterocycles. The van der Waals surface area contributed by atoms with E-state index >= 15 is 0 Å². The molecule has 1 unspecified atom stereocenters. The molecular weight excluding hydrogens is 198 g/mol. The average molecular weight is 213 g/mol. The Labute approximate surface area is 88.1 Å². The number of carbonyl (C=O) groups excluding carboxylic acids is 2. The maximum Gasteiger partial charge on any atom is 0.407 e. The third kappa shape index (κ3) is 3.34. The van der Waals surface area contributed by atoms with Crippen LogP contribution in [-0.2, 0) is 9.59 Å². The van der Waals surface area contributed by atoms with Crippen molar-refractivity contribution in [3.8, 4) is 0 Å². The Bertz CT molecular complexity index is 264. The van der Waals surface area contributed by atoms with Crippen LogP contribution in [0.2, 0.25) is 0 Å². The Hall–Kier alpha value is -1.39. The van der Waals surface area contributed by atoms with Crippen LogP contribution in [-0.4, -0.2) is 40.8 Å². The Morgan fingerprint density at radius 1 is 1.60 bits per heavy atom. The van der Waals surface area contributed by atoms with Crippen molar-refractivity contribution in [2.45, 2.75) is 38.1 Å². The highest BCUT2D eigenvalue weighted by Crippen LogP contribution is 2.19. The van der Waals surface area contributed by atoms with Gasteiger partial charge in [-0.05, 0) is 12.8 Å². The highest BCUT2D eigenvalue weighted by molar-refractivity contribution is 5.82. The van der Waals surface area contributed by atoms with Gasteiger partial charge in [0.15, 0.2) is 0 Å². The summed E-state index contributed by atoms with van der Waals surface area (Å²) in [7, 11) is 0. The van der Waals surface area contributed by atoms with Gasteiger partial charge in [0, 0.05) is 31.8 Å². The van der Waals surface area contributed by atoms with Crippen LogP contribution >= 0.6 is 0 Å². The molecule has 1 saturated heterocycles. The molecule has 5 heteroatoms. The van der Waals surface area contributed by atoms with Gasteiger partial charge in [-0.3, -0.25) is 4.79 Å². The molecule has 0 aliphatic carbocycles. The highest BCUT2D eigenvalue weighted by Gasteiger charge is 2.29. The van der Waals surface area contributed by atoms with Crippen molar-refractivity contribution in [3.63, 3.8) is 0 Å². The fourth-order valence-corrected chi connectivity index (χ4v) is 1.85. The monoisotopic (exact) mass is 213 g/mol. The molecule has 1 aliphatic rings. The number of Topliss-reactive ketones (excluding diaryl/α,β-unsaturated/α-hetero) is 1. The van der Waals surface area contributed by atoms with Gasteiger partial charge >= 0.3 is 6.09 Å². The quantitative estimate of drug-likeness (QED) is 0.559. The lowest BCUT2D eigenvalue weighted by Crippen LogP contribution is -2.45. The number of amides is 1. The standard InChI is InChI=1S/C10H15NO4/c12-6-2-1-3-8-7-9(13)4-5-11(8)10(14)15/h6,8H,1-5,7H2,(H,14,15). The Morgan fingerprint density at radius 3 is 2.93 bits per heavy atom. The van der Waals surface area contributed by atoms with E-state index in [0.29, 0.717) is 38.6 Å². The molecule has 15 heavy (non-hydrogen) atoms. The van der Waals surface area contributed by atoms with Gasteiger partial charge in [0.05, 0.1) is 0 Å². The Kier molecular flexibility index (Phi) is 4.27. The number of carbonyl (C=O) groups is 3. The summed E-state index contributed by atoms with van der Waals surface area (Å²) in [6.07, 6.45) is 2.12. The van der Waals surface area contributed by atoms with E-state index in [-0.39, 0.29) is 11.8 Å². The molecule has 0 spiro atoms. The third-order valence-corrected chi connectivity index (χ3v) is 2.64. The predicted molar refractivity (Wildman–Crippen MR) is 52.7 cm³/mol. The molecule has 1 atom stereocenters. The number of hydrogen-bond acceptors (Lipinski definition) is 3. The zero-order valence-corrected chi connectivity index (χ0v) is 8.52. The summed E-state index contributed by atoms with van der Waals surface area (Å²) < 4.78 is 0. The molecule has 1 N–H and O–H groups in total. The van der Waals surface area contributed by atoms with Crippen molar-refractivity contribution >= 4 is 18.2 Å². The summed E-state index contributed by atoms with van der Waals surface area (Å²) in [6.45, 7) is 0.292. The Balaban J connectivity index is 2.50. The van der Waals surface area contributed by atoms with Crippen LogP contribution in [0, 0.1) is 0 Å². The van der Waals surface area contributed by atoms with Gasteiger partial charge in [-0.2, -0.15) is 0 Å². The number of nitrogens with zero attached hydrogens (tertiary/aromatic N) is 1. The molecule has 0 saturated carbocycles. The summed E-state index contributed by atoms with van der Waals surface area (Å²) in [5.41, 5.74) is 0. The zero-order valence-electron chi connectivity index (χ0n) is 8.52. The van der Waals surface area contributed by atoms with E-state index in [1.807, 2.05) is 0 Å². The van der Waals surface area contributed by atoms with Crippen molar-refractivity contribution in [2.75, 3.05) is 6.54 Å². The second-order valence-electron chi connectivity index (χ2n) is 3.72. The van der Waals surface area contributed by atoms with Gasteiger partial charge in [0.1, 0.15) is 12.1 Å². The van der Waals surface area contributed by atoms with Crippen LogP contribution in [0.15, 0.2) is 0 Å². The number of hydrogen-bond donors (Lipinski definition) is 1. The summed E-state index contributed by atoms with van der Waals surface area (Å²) in [5, 5.41) is 8.90. The maximum atomic E-state index is 11.2. The predicted octanol–water partition coefficient (Wildman–Crippen LogP) is 1.07. The molecule has 0 bridgehead atoms. The van der Waals surface area contributed by atoms with Crippen molar-refractivity contribution in [3.05, 3.63) is 0 Å². The van der Waals surface area contributed by atoms with Gasteiger partial charge in [-0.1, -0.05) is 0 Å². The van der Waals surface area contributed by atoms with E-state index < -0.39 is 6.09 Å². The van der Waals surface area contributed by atoms with E-state index in [0.717, 1.165) is 6.29 Å². The number of unbranched alkanes of at least 4 members (excludes halogenated alkanes) is 1. The largest absolute Gasteiger partial charge is 0.465 e. The van der Waals surface area contributed by atoms with Crippen molar-refractivity contribution in [2.24, 2.45) is 0 Å². The summed E-state index contributed by atoms with van der Waals surface area (Å²) in [4.78, 5) is 33.5. The first-order chi connectivity index (χ1) is 7.15. The molecule has 0 aromatic rings. The molecule has 0 aromatic carbocycles. The van der Waals surface area contributed by atoms with E-state index in [9.17, 15) is 14.4 Å². The minimum Gasteiger partial charge on any atom is -0.465 e. The van der Waals surface area contributed by atoms with E-state index in [1.54, 1.807) is 0 Å². The first-order valence-corrected chi connectivity index (χ1v) is 5.10. The first-order valence-electron chi connectivity index (χ1n) is 5.10. The second-order valence-corrected chi connectivity index (χ2v) is 3.72. The molecule has 1 amide bonds. The summed E-state index contributed by atoms with van der Waals surface area (Å²) in [6, 6.07) is -0.233. The normalized spacial score (nSPS) is 21.5. The molecule has 1 rings (SSSR count). The van der Waals surface area contributed by atoms with Gasteiger partial charge in [0.2, 0.25) is 0 Å². The van der Waals surface area contributed by atoms with Gasteiger partial charge in [-0.15, -0.1) is 0 Å². The zero-order chi connectivity index (χ0) is 11.3. The molecule has 1 fully saturated rings. The average Bonchev–Trinajstić information content (AvgIpc) is 2.18. The van der Waals surface area contributed by atoms with Crippen LogP contribution in [0.4, 0.5) is 4.79 Å². The van der Waals surface area contributed by atoms with Gasteiger partial charge in [-0.25, -0.2) is 4.79 Å². The maximum absolute atomic E-state index is 11.2. The number of ketones is 1. The number of carboxylic acid groups (broad SMARTS) is 1. The number of rotatable bonds is 4. The van der Waals surface area contributed by atoms with E-state index in [4.69, 9.17) is 5.11 Å². The molecule has 0 radical (unpaired) electrons. The topological polar surface area (TPSA) is 74.7 Å². The highest BCUT2D eigenvalue weighted by atomic mass is 16.4. The van der Waals surface area contributed by atoms with Crippen LogP contribution in [0.1, 0.15) is 32.1 Å². The number of piperidine rings is 1.